The molecule has 3 heterocycles. The first kappa shape index (κ1) is 17.6. The van der Waals surface area contributed by atoms with Gasteiger partial charge in [0.05, 0.1) is 13.2 Å². The maximum atomic E-state index is 13.3. The van der Waals surface area contributed by atoms with E-state index >= 15 is 0 Å². The van der Waals surface area contributed by atoms with Gasteiger partial charge in [-0.15, -0.1) is 0 Å². The Hall–Kier alpha value is -2.47. The van der Waals surface area contributed by atoms with Gasteiger partial charge in [0, 0.05) is 48.5 Å². The van der Waals surface area contributed by atoms with Crippen LogP contribution in [0.15, 0.2) is 30.5 Å². The fraction of sp³-hybridized carbons (Fsp3) is 0.500. The lowest BCUT2D eigenvalue weighted by Gasteiger charge is -2.47. The average Bonchev–Trinajstić information content (AvgIpc) is 3.52. The molecule has 2 unspecified atom stereocenters. The number of carbonyl (C=O) groups is 2. The Bertz CT molecular complexity index is 926. The number of aromatic nitrogens is 1. The molecule has 2 bridgehead atoms. The summed E-state index contributed by atoms with van der Waals surface area (Å²) in [6, 6.07) is 8.05. The molecule has 1 N–H and O–H groups in total. The molecule has 2 aliphatic heterocycles. The summed E-state index contributed by atoms with van der Waals surface area (Å²) in [5, 5.41) is 5.21. The van der Waals surface area contributed by atoms with Crippen LogP contribution < -0.4 is 5.32 Å². The molecule has 1 aromatic carbocycles. The summed E-state index contributed by atoms with van der Waals surface area (Å²) in [5.41, 5.74) is 1.65. The van der Waals surface area contributed by atoms with E-state index in [9.17, 15) is 9.59 Å². The number of benzene rings is 1. The highest BCUT2D eigenvalue weighted by Gasteiger charge is 2.44. The number of nitrogens with one attached hydrogen (secondary N) is 1. The van der Waals surface area contributed by atoms with E-state index in [4.69, 9.17) is 4.74 Å². The van der Waals surface area contributed by atoms with Crippen LogP contribution in [-0.4, -0.2) is 54.0 Å². The average molecular weight is 379 g/mol. The molecule has 2 saturated heterocycles. The number of likely N-dealkylation sites (tertiary alicyclic amines) is 1. The van der Waals surface area contributed by atoms with Crippen LogP contribution in [0.1, 0.15) is 28.9 Å². The highest BCUT2D eigenvalue weighted by Crippen LogP contribution is 2.33. The highest BCUT2D eigenvalue weighted by atomic mass is 16.5. The smallest absolute Gasteiger partial charge is 0.273 e. The second kappa shape index (κ2) is 6.85. The summed E-state index contributed by atoms with van der Waals surface area (Å²) in [5.74, 6) is 0.615. The van der Waals surface area contributed by atoms with Crippen LogP contribution in [0.2, 0.25) is 0 Å². The quantitative estimate of drug-likeness (QED) is 0.887. The van der Waals surface area contributed by atoms with E-state index in [0.29, 0.717) is 32.0 Å². The van der Waals surface area contributed by atoms with E-state index in [-0.39, 0.29) is 35.6 Å². The predicted molar refractivity (Wildman–Crippen MR) is 105 cm³/mol. The topological polar surface area (TPSA) is 71.5 Å². The number of hydrogen-bond donors (Lipinski definition) is 1. The molecule has 6 heteroatoms. The summed E-state index contributed by atoms with van der Waals surface area (Å²) in [7, 11) is 0. The van der Waals surface area contributed by atoms with Crippen LogP contribution in [0.4, 0.5) is 0 Å². The molecule has 1 saturated carbocycles. The van der Waals surface area contributed by atoms with E-state index in [1.165, 1.54) is 0 Å². The van der Waals surface area contributed by atoms with Crippen molar-refractivity contribution in [1.82, 2.24) is 15.2 Å². The van der Waals surface area contributed by atoms with E-state index in [1.54, 1.807) is 6.20 Å². The van der Waals surface area contributed by atoms with Gasteiger partial charge >= 0.3 is 0 Å². The molecular formula is C22H25N3O3. The highest BCUT2D eigenvalue weighted by molar-refractivity contribution is 6.05. The van der Waals surface area contributed by atoms with Crippen molar-refractivity contribution in [2.24, 2.45) is 17.8 Å². The first-order valence-corrected chi connectivity index (χ1v) is 10.1. The van der Waals surface area contributed by atoms with E-state index in [0.717, 1.165) is 29.2 Å². The molecule has 28 heavy (non-hydrogen) atoms. The number of piperidine rings is 1. The van der Waals surface area contributed by atoms with E-state index in [1.807, 2.05) is 36.1 Å². The third-order valence-corrected chi connectivity index (χ3v) is 6.36. The monoisotopic (exact) mass is 379 g/mol. The van der Waals surface area contributed by atoms with Gasteiger partial charge in [-0.3, -0.25) is 14.6 Å². The van der Waals surface area contributed by atoms with E-state index < -0.39 is 0 Å². The molecule has 3 fully saturated rings. The number of ether oxygens (including phenoxy) is 1. The Morgan fingerprint density at radius 1 is 1.11 bits per heavy atom. The fourth-order valence-corrected chi connectivity index (χ4v) is 4.65. The normalized spacial score (nSPS) is 26.9. The molecule has 5 rings (SSSR count). The molecule has 2 atom stereocenters. The maximum Gasteiger partial charge on any atom is 0.273 e. The van der Waals surface area contributed by atoms with Gasteiger partial charge in [-0.2, -0.15) is 0 Å². The molecule has 2 amide bonds. The molecule has 1 aliphatic carbocycles. The van der Waals surface area contributed by atoms with Gasteiger partial charge in [0.15, 0.2) is 0 Å². The Labute approximate surface area is 164 Å². The summed E-state index contributed by atoms with van der Waals surface area (Å²) >= 11 is 0. The summed E-state index contributed by atoms with van der Waals surface area (Å²) in [6.07, 6.45) is 3.72. The zero-order valence-electron chi connectivity index (χ0n) is 16.1. The van der Waals surface area contributed by atoms with Gasteiger partial charge in [-0.25, -0.2) is 0 Å². The van der Waals surface area contributed by atoms with Crippen LogP contribution in [-0.2, 0) is 9.53 Å². The molecular weight excluding hydrogens is 354 g/mol. The number of rotatable bonds is 3. The number of amides is 2. The summed E-state index contributed by atoms with van der Waals surface area (Å²) in [4.78, 5) is 31.9. The minimum atomic E-state index is -0.0277. The van der Waals surface area contributed by atoms with Gasteiger partial charge in [-0.05, 0) is 36.8 Å². The Morgan fingerprint density at radius 2 is 1.86 bits per heavy atom. The molecule has 0 radical (unpaired) electrons. The Morgan fingerprint density at radius 3 is 2.57 bits per heavy atom. The zero-order chi connectivity index (χ0) is 19.3. The Kier molecular flexibility index (Phi) is 4.31. The second-order valence-electron chi connectivity index (χ2n) is 8.41. The molecule has 1 aromatic heterocycles. The minimum absolute atomic E-state index is 0.0277. The lowest BCUT2D eigenvalue weighted by atomic mass is 9.82. The molecule has 146 valence electrons. The van der Waals surface area contributed by atoms with Crippen LogP contribution in [0.3, 0.4) is 0 Å². The van der Waals surface area contributed by atoms with Crippen molar-refractivity contribution in [3.63, 3.8) is 0 Å². The van der Waals surface area contributed by atoms with Gasteiger partial charge in [0.1, 0.15) is 5.69 Å². The number of hydrogen-bond acceptors (Lipinski definition) is 4. The number of pyridine rings is 1. The first-order chi connectivity index (χ1) is 13.6. The van der Waals surface area contributed by atoms with Crippen molar-refractivity contribution in [2.45, 2.75) is 25.8 Å². The largest absolute Gasteiger partial charge is 0.381 e. The molecule has 6 nitrogen and oxygen atoms in total. The molecule has 0 spiro atoms. The molecule has 3 aliphatic rings. The zero-order valence-corrected chi connectivity index (χ0v) is 16.1. The van der Waals surface area contributed by atoms with Gasteiger partial charge in [0.25, 0.3) is 5.91 Å². The van der Waals surface area contributed by atoms with Crippen LogP contribution >= 0.6 is 0 Å². The maximum absolute atomic E-state index is 13.3. The fourth-order valence-electron chi connectivity index (χ4n) is 4.65. The minimum Gasteiger partial charge on any atom is -0.381 e. The van der Waals surface area contributed by atoms with E-state index in [2.05, 4.69) is 10.3 Å². The van der Waals surface area contributed by atoms with Crippen LogP contribution in [0, 0.1) is 24.7 Å². The van der Waals surface area contributed by atoms with Crippen molar-refractivity contribution in [3.8, 4) is 0 Å². The lowest BCUT2D eigenvalue weighted by Crippen LogP contribution is -2.62. The van der Waals surface area contributed by atoms with Crippen molar-refractivity contribution in [3.05, 3.63) is 41.7 Å². The van der Waals surface area contributed by atoms with Gasteiger partial charge in [0.2, 0.25) is 5.91 Å². The number of fused-ring (bicyclic) bond motifs is 3. The SMILES string of the molecule is Cc1cccc2c(C(=O)N3CC4COCC(C3)C4NC(=O)C3CC3)nccc12. The molecule has 2 aromatic rings. The standard InChI is InChI=1S/C22H25N3O3/c1-13-3-2-4-18-17(13)7-8-23-20(18)22(27)25-9-15-11-28-12-16(10-25)19(15)24-21(26)14-5-6-14/h2-4,7-8,14-16,19H,5-6,9-12H2,1H3,(H,24,26). The van der Waals surface area contributed by atoms with Crippen molar-refractivity contribution < 1.29 is 14.3 Å². The number of nitrogens with zero attached hydrogens (tertiary/aromatic N) is 2. The van der Waals surface area contributed by atoms with Crippen molar-refractivity contribution >= 4 is 22.6 Å². The second-order valence-corrected chi connectivity index (χ2v) is 8.41. The predicted octanol–water partition coefficient (Wildman–Crippen LogP) is 2.16. The van der Waals surface area contributed by atoms with Crippen molar-refractivity contribution in [1.29, 1.82) is 0 Å². The van der Waals surface area contributed by atoms with Gasteiger partial charge in [-0.1, -0.05) is 18.2 Å². The lowest BCUT2D eigenvalue weighted by molar-refractivity contribution is -0.127. The number of carbonyl (C=O) groups excluding carboxylic acids is 2. The van der Waals surface area contributed by atoms with Crippen LogP contribution in [0.25, 0.3) is 10.8 Å². The van der Waals surface area contributed by atoms with Gasteiger partial charge < -0.3 is 15.0 Å². The summed E-state index contributed by atoms with van der Waals surface area (Å²) in [6.45, 7) is 4.39. The van der Waals surface area contributed by atoms with Crippen LogP contribution in [0.5, 0.6) is 0 Å². The first-order valence-electron chi connectivity index (χ1n) is 10.1. The van der Waals surface area contributed by atoms with Crippen molar-refractivity contribution in [2.75, 3.05) is 26.3 Å². The Balaban J connectivity index is 1.39. The third-order valence-electron chi connectivity index (χ3n) is 6.36. The summed E-state index contributed by atoms with van der Waals surface area (Å²) < 4.78 is 5.74. The third kappa shape index (κ3) is 3.05. The number of aryl methyl sites for hydroxylation is 1.